The van der Waals surface area contributed by atoms with E-state index in [0.717, 1.165) is 5.75 Å². The molecule has 0 saturated heterocycles. The molecule has 1 fully saturated rings. The molecule has 2 atom stereocenters. The second kappa shape index (κ2) is 7.91. The van der Waals surface area contributed by atoms with Crippen LogP contribution >= 0.6 is 15.9 Å². The van der Waals surface area contributed by atoms with Gasteiger partial charge in [0.15, 0.2) is 0 Å². The molecule has 2 unspecified atom stereocenters. The first-order chi connectivity index (χ1) is 9.33. The van der Waals surface area contributed by atoms with Crippen molar-refractivity contribution in [3.63, 3.8) is 0 Å². The fourth-order valence-corrected chi connectivity index (χ4v) is 3.64. The molecule has 0 N–H and O–H groups in total. The molecule has 1 aliphatic rings. The minimum Gasteiger partial charge on any atom is -0.491 e. The zero-order valence-corrected chi connectivity index (χ0v) is 13.2. The quantitative estimate of drug-likeness (QED) is 0.450. The molecule has 2 rings (SSSR count). The van der Waals surface area contributed by atoms with Crippen LogP contribution in [0.5, 0.6) is 5.75 Å². The van der Waals surface area contributed by atoms with Crippen LogP contribution in [0.15, 0.2) is 24.3 Å². The van der Waals surface area contributed by atoms with Gasteiger partial charge >= 0.3 is 0 Å². The molecule has 3 heteroatoms. The number of alkyl halides is 1. The fraction of sp³-hybridized carbons (Fsp3) is 0.625. The number of methoxy groups -OCH3 is 1. The number of halogens is 1. The van der Waals surface area contributed by atoms with Crippen LogP contribution in [0.25, 0.3) is 0 Å². The Morgan fingerprint density at radius 2 is 1.89 bits per heavy atom. The number of rotatable bonds is 5. The van der Waals surface area contributed by atoms with E-state index in [0.29, 0.717) is 24.0 Å². The molecule has 0 bridgehead atoms. The number of para-hydroxylation sites is 1. The first-order valence-corrected chi connectivity index (χ1v) is 8.09. The zero-order chi connectivity index (χ0) is 13.5. The summed E-state index contributed by atoms with van der Waals surface area (Å²) in [5.74, 6) is 1.59. The lowest BCUT2D eigenvalue weighted by Gasteiger charge is -2.23. The van der Waals surface area contributed by atoms with E-state index in [9.17, 15) is 0 Å². The van der Waals surface area contributed by atoms with Crippen molar-refractivity contribution in [2.45, 2.75) is 42.8 Å². The number of hydrogen-bond acceptors (Lipinski definition) is 2. The van der Waals surface area contributed by atoms with Crippen LogP contribution in [0.2, 0.25) is 0 Å². The molecule has 2 nitrogen and oxygen atoms in total. The second-order valence-corrected chi connectivity index (χ2v) is 6.32. The van der Waals surface area contributed by atoms with E-state index in [1.165, 1.54) is 37.7 Å². The average Bonchev–Trinajstić information content (AvgIpc) is 2.64. The highest BCUT2D eigenvalue weighted by atomic mass is 79.9. The first kappa shape index (κ1) is 14.9. The van der Waals surface area contributed by atoms with Crippen LogP contribution in [-0.4, -0.2) is 25.2 Å². The number of ether oxygens (including phenoxy) is 2. The molecule has 19 heavy (non-hydrogen) atoms. The van der Waals surface area contributed by atoms with Crippen molar-refractivity contribution in [2.24, 2.45) is 0 Å². The van der Waals surface area contributed by atoms with Crippen molar-refractivity contribution >= 4 is 15.9 Å². The van der Waals surface area contributed by atoms with Gasteiger partial charge in [0.1, 0.15) is 12.4 Å². The van der Waals surface area contributed by atoms with E-state index < -0.39 is 0 Å². The van der Waals surface area contributed by atoms with Crippen molar-refractivity contribution in [2.75, 3.05) is 20.3 Å². The number of benzene rings is 1. The summed E-state index contributed by atoms with van der Waals surface area (Å²) >= 11 is 3.88. The maximum Gasteiger partial charge on any atom is 0.122 e. The van der Waals surface area contributed by atoms with Gasteiger partial charge in [0.25, 0.3) is 0 Å². The SMILES string of the molecule is COCCOc1ccccc1C1CCCCCC1Br. The van der Waals surface area contributed by atoms with Gasteiger partial charge in [-0.15, -0.1) is 0 Å². The Bertz CT molecular complexity index is 381. The lowest BCUT2D eigenvalue weighted by Crippen LogP contribution is -2.13. The highest BCUT2D eigenvalue weighted by Gasteiger charge is 2.25. The van der Waals surface area contributed by atoms with Crippen LogP contribution in [0.1, 0.15) is 43.6 Å². The van der Waals surface area contributed by atoms with Crippen molar-refractivity contribution in [3.8, 4) is 5.75 Å². The summed E-state index contributed by atoms with van der Waals surface area (Å²) in [7, 11) is 1.70. The summed E-state index contributed by atoms with van der Waals surface area (Å²) in [5.41, 5.74) is 1.35. The van der Waals surface area contributed by atoms with Gasteiger partial charge in [0.05, 0.1) is 6.61 Å². The van der Waals surface area contributed by atoms with Gasteiger partial charge in [-0.2, -0.15) is 0 Å². The maximum atomic E-state index is 5.87. The Hall–Kier alpha value is -0.540. The van der Waals surface area contributed by atoms with Gasteiger partial charge in [-0.25, -0.2) is 0 Å². The number of hydrogen-bond donors (Lipinski definition) is 0. The van der Waals surface area contributed by atoms with Gasteiger partial charge < -0.3 is 9.47 Å². The van der Waals surface area contributed by atoms with Gasteiger partial charge in [-0.1, -0.05) is 53.4 Å². The third-order valence-corrected chi connectivity index (χ3v) is 4.89. The summed E-state index contributed by atoms with van der Waals surface area (Å²) in [6.45, 7) is 1.25. The van der Waals surface area contributed by atoms with Gasteiger partial charge in [0, 0.05) is 17.9 Å². The van der Waals surface area contributed by atoms with Crippen LogP contribution in [0.4, 0.5) is 0 Å². The maximum absolute atomic E-state index is 5.87. The van der Waals surface area contributed by atoms with Gasteiger partial charge in [-0.3, -0.25) is 0 Å². The minimum absolute atomic E-state index is 0.571. The van der Waals surface area contributed by atoms with Crippen LogP contribution < -0.4 is 4.74 Å². The first-order valence-electron chi connectivity index (χ1n) is 7.17. The van der Waals surface area contributed by atoms with Crippen molar-refractivity contribution in [1.29, 1.82) is 0 Å². The van der Waals surface area contributed by atoms with Crippen molar-refractivity contribution in [1.82, 2.24) is 0 Å². The monoisotopic (exact) mass is 326 g/mol. The lowest BCUT2D eigenvalue weighted by atomic mass is 9.91. The van der Waals surface area contributed by atoms with E-state index in [4.69, 9.17) is 9.47 Å². The molecule has 0 amide bonds. The average molecular weight is 327 g/mol. The Balaban J connectivity index is 2.12. The summed E-state index contributed by atoms with van der Waals surface area (Å²) in [6.07, 6.45) is 6.52. The minimum atomic E-state index is 0.571. The predicted octanol–water partition coefficient (Wildman–Crippen LogP) is 4.52. The Morgan fingerprint density at radius 3 is 2.74 bits per heavy atom. The highest BCUT2D eigenvalue weighted by molar-refractivity contribution is 9.09. The van der Waals surface area contributed by atoms with Gasteiger partial charge in [-0.05, 0) is 24.5 Å². The van der Waals surface area contributed by atoms with Crippen LogP contribution in [-0.2, 0) is 4.74 Å². The van der Waals surface area contributed by atoms with Crippen LogP contribution in [0.3, 0.4) is 0 Å². The molecular formula is C16H23BrO2. The molecule has 0 heterocycles. The molecule has 1 saturated carbocycles. The molecule has 1 aromatic rings. The Morgan fingerprint density at radius 1 is 1.11 bits per heavy atom. The zero-order valence-electron chi connectivity index (χ0n) is 11.6. The smallest absolute Gasteiger partial charge is 0.122 e. The molecular weight excluding hydrogens is 304 g/mol. The third-order valence-electron chi connectivity index (χ3n) is 3.80. The molecule has 0 spiro atoms. The Labute approximate surface area is 124 Å². The summed E-state index contributed by atoms with van der Waals surface area (Å²) in [6, 6.07) is 8.46. The molecule has 0 radical (unpaired) electrons. The predicted molar refractivity (Wildman–Crippen MR) is 82.4 cm³/mol. The van der Waals surface area contributed by atoms with Crippen LogP contribution in [0, 0.1) is 0 Å². The van der Waals surface area contributed by atoms with Crippen molar-refractivity contribution < 1.29 is 9.47 Å². The normalized spacial score (nSPS) is 23.9. The van der Waals surface area contributed by atoms with E-state index >= 15 is 0 Å². The molecule has 1 aliphatic carbocycles. The van der Waals surface area contributed by atoms with Gasteiger partial charge in [0.2, 0.25) is 0 Å². The summed E-state index contributed by atoms with van der Waals surface area (Å²) < 4.78 is 10.9. The molecule has 0 aromatic heterocycles. The molecule has 106 valence electrons. The lowest BCUT2D eigenvalue weighted by molar-refractivity contribution is 0.145. The second-order valence-electron chi connectivity index (χ2n) is 5.14. The Kier molecular flexibility index (Phi) is 6.18. The highest BCUT2D eigenvalue weighted by Crippen LogP contribution is 2.40. The summed E-state index contributed by atoms with van der Waals surface area (Å²) in [4.78, 5) is 0.571. The fourth-order valence-electron chi connectivity index (χ4n) is 2.77. The molecule has 1 aromatic carbocycles. The van der Waals surface area contributed by atoms with E-state index in [2.05, 4.69) is 34.1 Å². The standard InChI is InChI=1S/C16H23BrO2/c1-18-11-12-19-16-10-6-5-8-14(16)13-7-3-2-4-9-15(13)17/h5-6,8,10,13,15H,2-4,7,9,11-12H2,1H3. The summed E-state index contributed by atoms with van der Waals surface area (Å²) in [5, 5.41) is 0. The third kappa shape index (κ3) is 4.22. The van der Waals surface area contributed by atoms with E-state index in [-0.39, 0.29) is 0 Å². The van der Waals surface area contributed by atoms with E-state index in [1.54, 1.807) is 7.11 Å². The largest absolute Gasteiger partial charge is 0.491 e. The van der Waals surface area contributed by atoms with Crippen molar-refractivity contribution in [3.05, 3.63) is 29.8 Å². The molecule has 0 aliphatic heterocycles. The van der Waals surface area contributed by atoms with E-state index in [1.807, 2.05) is 6.07 Å². The topological polar surface area (TPSA) is 18.5 Å².